The normalized spacial score (nSPS) is 16.9. The van der Waals surface area contributed by atoms with E-state index in [4.69, 9.17) is 14.2 Å². The van der Waals surface area contributed by atoms with E-state index >= 15 is 0 Å². The number of allylic oxidation sites excluding steroid dienone is 1. The van der Waals surface area contributed by atoms with Crippen molar-refractivity contribution in [1.82, 2.24) is 19.6 Å². The van der Waals surface area contributed by atoms with Crippen molar-refractivity contribution in [3.05, 3.63) is 102 Å². The van der Waals surface area contributed by atoms with Crippen LogP contribution in [0.5, 0.6) is 5.75 Å². The van der Waals surface area contributed by atoms with E-state index in [1.165, 1.54) is 49.6 Å². The van der Waals surface area contributed by atoms with Gasteiger partial charge in [-0.3, -0.25) is 4.79 Å². The van der Waals surface area contributed by atoms with Gasteiger partial charge >= 0.3 is 6.18 Å². The van der Waals surface area contributed by atoms with E-state index in [2.05, 4.69) is 15.3 Å². The van der Waals surface area contributed by atoms with Gasteiger partial charge in [-0.15, -0.1) is 0 Å². The molecule has 3 aromatic carbocycles. The topological polar surface area (TPSA) is 143 Å². The number of benzene rings is 3. The number of alkyl halides is 3. The highest BCUT2D eigenvalue weighted by molar-refractivity contribution is 7.89. The molecule has 47 heavy (non-hydrogen) atoms. The maximum absolute atomic E-state index is 13.3. The number of ether oxygens (including phenoxy) is 3. The number of hydrogen-bond donors (Lipinski definition) is 3. The fourth-order valence-electron chi connectivity index (χ4n) is 5.06. The maximum atomic E-state index is 13.3. The van der Waals surface area contributed by atoms with Crippen LogP contribution >= 0.6 is 0 Å². The van der Waals surface area contributed by atoms with Gasteiger partial charge in [0.2, 0.25) is 16.3 Å². The molecule has 15 heteroatoms. The lowest BCUT2D eigenvalue weighted by atomic mass is 9.92. The molecule has 0 aliphatic carbocycles. The molecular weight excluding hydrogens is 641 g/mol. The number of aliphatic hydroxyl groups is 1. The molecule has 4 aromatic rings. The Morgan fingerprint density at radius 2 is 1.81 bits per heavy atom. The maximum Gasteiger partial charge on any atom is 0.416 e. The lowest BCUT2D eigenvalue weighted by Crippen LogP contribution is -2.38. The zero-order valence-electron chi connectivity index (χ0n) is 25.2. The molecule has 0 saturated heterocycles. The SMILES string of the molecule is COc1ccc(S(=O)(=O)N(CCO)CCO[C@@H]2C[C@H](c3ccc(C(F)(F)F)cc3)C=C(C(=O)NCc3nc4ccccc4[nH]3)O2)cc1. The Bertz CT molecular complexity index is 1780. The van der Waals surface area contributed by atoms with Gasteiger partial charge in [-0.25, -0.2) is 13.4 Å². The van der Waals surface area contributed by atoms with Gasteiger partial charge in [0.25, 0.3) is 5.91 Å². The summed E-state index contributed by atoms with van der Waals surface area (Å²) in [5.41, 5.74) is 1.22. The number of H-pyrrole nitrogens is 1. The number of nitrogens with zero attached hydrogens (tertiary/aromatic N) is 2. The minimum absolute atomic E-state index is 0.00521. The highest BCUT2D eigenvalue weighted by Crippen LogP contribution is 2.34. The van der Waals surface area contributed by atoms with Gasteiger partial charge in [-0.2, -0.15) is 17.5 Å². The molecule has 0 fully saturated rings. The molecule has 1 amide bonds. The van der Waals surface area contributed by atoms with Crippen LogP contribution in [-0.2, 0) is 37.0 Å². The van der Waals surface area contributed by atoms with Crippen molar-refractivity contribution < 1.29 is 45.7 Å². The monoisotopic (exact) mass is 674 g/mol. The molecule has 0 saturated carbocycles. The van der Waals surface area contributed by atoms with Crippen LogP contribution in [0.3, 0.4) is 0 Å². The number of methoxy groups -OCH3 is 1. The first-order chi connectivity index (χ1) is 22.5. The lowest BCUT2D eigenvalue weighted by Gasteiger charge is -2.30. The Balaban J connectivity index is 1.29. The molecule has 11 nitrogen and oxygen atoms in total. The van der Waals surface area contributed by atoms with E-state index in [-0.39, 0.29) is 43.3 Å². The largest absolute Gasteiger partial charge is 0.497 e. The Hall–Kier alpha value is -4.44. The molecule has 2 heterocycles. The number of aliphatic hydroxyl groups excluding tert-OH is 1. The molecular formula is C32H33F3N4O7S. The van der Waals surface area contributed by atoms with Gasteiger partial charge in [-0.1, -0.05) is 24.3 Å². The number of rotatable bonds is 13. The summed E-state index contributed by atoms with van der Waals surface area (Å²) < 4.78 is 84.0. The number of aromatic amines is 1. The van der Waals surface area contributed by atoms with Crippen molar-refractivity contribution in [3.63, 3.8) is 0 Å². The summed E-state index contributed by atoms with van der Waals surface area (Å²) in [6, 6.07) is 17.7. The molecule has 0 radical (unpaired) electrons. The van der Waals surface area contributed by atoms with Crippen molar-refractivity contribution in [2.45, 2.75) is 36.2 Å². The van der Waals surface area contributed by atoms with E-state index in [1.807, 2.05) is 24.3 Å². The van der Waals surface area contributed by atoms with E-state index in [1.54, 1.807) is 0 Å². The summed E-state index contributed by atoms with van der Waals surface area (Å²) in [7, 11) is -2.55. The lowest BCUT2D eigenvalue weighted by molar-refractivity contribution is -0.146. The van der Waals surface area contributed by atoms with Crippen LogP contribution in [0.1, 0.15) is 29.3 Å². The van der Waals surface area contributed by atoms with Gasteiger partial charge in [0, 0.05) is 25.4 Å². The van der Waals surface area contributed by atoms with Crippen molar-refractivity contribution in [2.75, 3.05) is 33.4 Å². The second-order valence-electron chi connectivity index (χ2n) is 10.6. The molecule has 1 aromatic heterocycles. The van der Waals surface area contributed by atoms with Crippen LogP contribution in [0.4, 0.5) is 13.2 Å². The molecule has 0 unspecified atom stereocenters. The summed E-state index contributed by atoms with van der Waals surface area (Å²) in [4.78, 5) is 20.8. The molecule has 3 N–H and O–H groups in total. The third-order valence-corrected chi connectivity index (χ3v) is 9.41. The van der Waals surface area contributed by atoms with Crippen LogP contribution in [0, 0.1) is 0 Å². The second kappa shape index (κ2) is 14.5. The summed E-state index contributed by atoms with van der Waals surface area (Å²) in [6.07, 6.45) is -3.90. The minimum atomic E-state index is -4.51. The molecule has 1 aliphatic heterocycles. The van der Waals surface area contributed by atoms with Gasteiger partial charge < -0.3 is 29.6 Å². The number of carbonyl (C=O) groups is 1. The van der Waals surface area contributed by atoms with Gasteiger partial charge in [0.15, 0.2) is 5.76 Å². The highest BCUT2D eigenvalue weighted by atomic mass is 32.2. The third kappa shape index (κ3) is 8.29. The Labute approximate surface area is 269 Å². The van der Waals surface area contributed by atoms with E-state index in [0.29, 0.717) is 17.1 Å². The summed E-state index contributed by atoms with van der Waals surface area (Å²) >= 11 is 0. The third-order valence-electron chi connectivity index (χ3n) is 7.49. The van der Waals surface area contributed by atoms with E-state index < -0.39 is 46.5 Å². The average Bonchev–Trinajstić information content (AvgIpc) is 3.49. The molecule has 0 spiro atoms. The van der Waals surface area contributed by atoms with Gasteiger partial charge in [0.05, 0.1) is 48.4 Å². The van der Waals surface area contributed by atoms with Crippen molar-refractivity contribution in [2.24, 2.45) is 0 Å². The first-order valence-corrected chi connectivity index (χ1v) is 16.1. The Morgan fingerprint density at radius 1 is 1.09 bits per heavy atom. The quantitative estimate of drug-likeness (QED) is 0.190. The van der Waals surface area contributed by atoms with Crippen molar-refractivity contribution in [1.29, 1.82) is 0 Å². The van der Waals surface area contributed by atoms with Crippen LogP contribution < -0.4 is 10.1 Å². The minimum Gasteiger partial charge on any atom is -0.497 e. The molecule has 0 bridgehead atoms. The van der Waals surface area contributed by atoms with E-state index in [9.17, 15) is 31.5 Å². The fourth-order valence-corrected chi connectivity index (χ4v) is 6.47. The summed E-state index contributed by atoms with van der Waals surface area (Å²) in [5.74, 6) is -0.284. The smallest absolute Gasteiger partial charge is 0.416 e. The zero-order valence-corrected chi connectivity index (χ0v) is 26.1. The molecule has 1 aliphatic rings. The Morgan fingerprint density at radius 3 is 2.47 bits per heavy atom. The predicted molar refractivity (Wildman–Crippen MR) is 164 cm³/mol. The zero-order chi connectivity index (χ0) is 33.6. The standard InChI is InChI=1S/C32H33F3N4O7S/c1-44-24-10-12-25(13-11-24)47(42,43)39(14-16-40)15-17-45-30-19-22(21-6-8-23(9-7-21)32(33,34)35)18-28(46-30)31(41)36-20-29-37-26-4-2-3-5-27(26)38-29/h2-13,18,22,30,40H,14-17,19-20H2,1H3,(H,36,41)(H,37,38)/t22-,30+/m1/s1. The fraction of sp³-hybridized carbons (Fsp3) is 0.312. The number of sulfonamides is 1. The number of imidazole rings is 1. The van der Waals surface area contributed by atoms with Gasteiger partial charge in [-0.05, 0) is 60.2 Å². The number of fused-ring (bicyclic) bond motifs is 1. The summed E-state index contributed by atoms with van der Waals surface area (Å²) in [5, 5.41) is 12.3. The number of aromatic nitrogens is 2. The van der Waals surface area contributed by atoms with E-state index in [0.717, 1.165) is 27.5 Å². The molecule has 250 valence electrons. The Kier molecular flexibility index (Phi) is 10.5. The van der Waals surface area contributed by atoms with Crippen LogP contribution in [0.2, 0.25) is 0 Å². The van der Waals surface area contributed by atoms with Crippen LogP contribution in [-0.4, -0.2) is 73.4 Å². The van der Waals surface area contributed by atoms with Crippen molar-refractivity contribution in [3.8, 4) is 5.75 Å². The second-order valence-corrected chi connectivity index (χ2v) is 12.5. The first-order valence-electron chi connectivity index (χ1n) is 14.6. The first kappa shape index (κ1) is 33.9. The molecule has 2 atom stereocenters. The van der Waals surface area contributed by atoms with Gasteiger partial charge in [0.1, 0.15) is 11.6 Å². The number of hydrogen-bond acceptors (Lipinski definition) is 8. The number of carbonyl (C=O) groups excluding carboxylic acids is 1. The van der Waals surface area contributed by atoms with Crippen molar-refractivity contribution >= 4 is 27.0 Å². The highest BCUT2D eigenvalue weighted by Gasteiger charge is 2.33. The molecule has 5 rings (SSSR count). The number of halogens is 3. The van der Waals surface area contributed by atoms with Crippen LogP contribution in [0.25, 0.3) is 11.0 Å². The summed E-state index contributed by atoms with van der Waals surface area (Å²) in [6.45, 7) is -0.926. The van der Waals surface area contributed by atoms with Crippen LogP contribution in [0.15, 0.2) is 89.5 Å². The number of amides is 1. The average molecular weight is 675 g/mol. The number of para-hydroxylation sites is 2. The predicted octanol–water partition coefficient (Wildman–Crippen LogP) is 4.32. The number of nitrogens with one attached hydrogen (secondary N) is 2.